The lowest BCUT2D eigenvalue weighted by Gasteiger charge is -2.26. The lowest BCUT2D eigenvalue weighted by molar-refractivity contribution is -0.120. The molecule has 0 rings (SSSR count). The van der Waals surface area contributed by atoms with Gasteiger partial charge < -0.3 is 10.3 Å². The lowest BCUT2D eigenvalue weighted by Crippen LogP contribution is -2.44. The molecule has 0 fully saturated rings. The lowest BCUT2D eigenvalue weighted by atomic mass is 10.1. The van der Waals surface area contributed by atoms with E-state index in [-0.39, 0.29) is 6.42 Å². The molecule has 60 valence electrons. The first-order valence-electron chi connectivity index (χ1n) is 2.84. The molecular formula is C5H10NO3S-. The zero-order valence-electron chi connectivity index (χ0n) is 5.92. The molecule has 0 aliphatic heterocycles. The van der Waals surface area contributed by atoms with Crippen molar-refractivity contribution in [2.24, 2.45) is 5.73 Å². The monoisotopic (exact) mass is 164 g/mol. The van der Waals surface area contributed by atoms with Gasteiger partial charge >= 0.3 is 0 Å². The van der Waals surface area contributed by atoms with Crippen molar-refractivity contribution in [1.82, 2.24) is 0 Å². The van der Waals surface area contributed by atoms with E-state index in [0.29, 0.717) is 0 Å². The average molecular weight is 164 g/mol. The standard InChI is InChI=1S/C5H11NO3S/c1-3-5(2,4(6)7)10(8)9/h3H2,1-2H3,(H2,6,7)(H,8,9)/p-1. The summed E-state index contributed by atoms with van der Waals surface area (Å²) in [5.41, 5.74) is 4.85. The number of carbonyl (C=O) groups is 1. The fourth-order valence-corrected chi connectivity index (χ4v) is 0.774. The molecule has 2 N–H and O–H groups in total. The van der Waals surface area contributed by atoms with E-state index in [1.807, 2.05) is 0 Å². The quantitative estimate of drug-likeness (QED) is 0.572. The summed E-state index contributed by atoms with van der Waals surface area (Å²) >= 11 is -2.42. The second-order valence-electron chi connectivity index (χ2n) is 2.18. The van der Waals surface area contributed by atoms with Crippen molar-refractivity contribution in [2.75, 3.05) is 0 Å². The van der Waals surface area contributed by atoms with Gasteiger partial charge in [0.2, 0.25) is 5.91 Å². The second-order valence-corrected chi connectivity index (χ2v) is 3.55. The van der Waals surface area contributed by atoms with E-state index in [0.717, 1.165) is 0 Å². The van der Waals surface area contributed by atoms with Gasteiger partial charge in [-0.2, -0.15) is 0 Å². The Morgan fingerprint density at radius 2 is 2.20 bits per heavy atom. The molecular weight excluding hydrogens is 154 g/mol. The Balaban J connectivity index is 4.55. The molecule has 0 radical (unpaired) electrons. The number of hydrogen-bond donors (Lipinski definition) is 1. The van der Waals surface area contributed by atoms with Crippen molar-refractivity contribution >= 4 is 17.0 Å². The molecule has 0 aliphatic rings. The van der Waals surface area contributed by atoms with Crippen LogP contribution in [0, 0.1) is 0 Å². The number of carbonyl (C=O) groups excluding carboxylic acids is 1. The van der Waals surface area contributed by atoms with Crippen molar-refractivity contribution in [2.45, 2.75) is 25.0 Å². The minimum Gasteiger partial charge on any atom is -0.772 e. The van der Waals surface area contributed by atoms with Crippen LogP contribution in [0.2, 0.25) is 0 Å². The summed E-state index contributed by atoms with van der Waals surface area (Å²) in [4.78, 5) is 10.5. The van der Waals surface area contributed by atoms with E-state index >= 15 is 0 Å². The van der Waals surface area contributed by atoms with Crippen LogP contribution in [0.5, 0.6) is 0 Å². The van der Waals surface area contributed by atoms with Crippen molar-refractivity contribution in [1.29, 1.82) is 0 Å². The van der Waals surface area contributed by atoms with Crippen molar-refractivity contribution in [3.63, 3.8) is 0 Å². The number of amides is 1. The van der Waals surface area contributed by atoms with E-state index < -0.39 is 21.7 Å². The van der Waals surface area contributed by atoms with Gasteiger partial charge in [0.05, 0.1) is 0 Å². The van der Waals surface area contributed by atoms with Crippen molar-refractivity contribution < 1.29 is 13.6 Å². The topological polar surface area (TPSA) is 83.2 Å². The van der Waals surface area contributed by atoms with E-state index in [4.69, 9.17) is 5.73 Å². The molecule has 0 aromatic heterocycles. The van der Waals surface area contributed by atoms with Gasteiger partial charge in [0.1, 0.15) is 4.75 Å². The third-order valence-electron chi connectivity index (χ3n) is 1.56. The zero-order chi connectivity index (χ0) is 8.36. The Bertz CT molecular complexity index is 154. The molecule has 0 aliphatic carbocycles. The fourth-order valence-electron chi connectivity index (χ4n) is 0.374. The molecule has 0 bridgehead atoms. The van der Waals surface area contributed by atoms with Crippen LogP contribution in [-0.2, 0) is 15.9 Å². The minimum atomic E-state index is -2.42. The molecule has 0 aromatic carbocycles. The van der Waals surface area contributed by atoms with E-state index in [2.05, 4.69) is 0 Å². The molecule has 0 heterocycles. The minimum absolute atomic E-state index is 0.207. The number of nitrogens with two attached hydrogens (primary N) is 1. The molecule has 10 heavy (non-hydrogen) atoms. The highest BCUT2D eigenvalue weighted by Crippen LogP contribution is 2.15. The Kier molecular flexibility index (Phi) is 2.98. The Hall–Kier alpha value is -0.420. The van der Waals surface area contributed by atoms with Crippen molar-refractivity contribution in [3.05, 3.63) is 0 Å². The SMILES string of the molecule is CCC(C)(C(N)=O)S(=O)[O-]. The summed E-state index contributed by atoms with van der Waals surface area (Å²) in [6, 6.07) is 0. The third kappa shape index (κ3) is 1.54. The average Bonchev–Trinajstić information content (AvgIpc) is 1.85. The van der Waals surface area contributed by atoms with Gasteiger partial charge in [-0.15, -0.1) is 0 Å². The van der Waals surface area contributed by atoms with Crippen LogP contribution in [0.25, 0.3) is 0 Å². The molecule has 5 heteroatoms. The largest absolute Gasteiger partial charge is 0.772 e. The number of primary amides is 1. The van der Waals surface area contributed by atoms with Crippen molar-refractivity contribution in [3.8, 4) is 0 Å². The highest BCUT2D eigenvalue weighted by Gasteiger charge is 2.29. The van der Waals surface area contributed by atoms with Gasteiger partial charge in [-0.25, -0.2) is 0 Å². The van der Waals surface area contributed by atoms with Gasteiger partial charge in [0.25, 0.3) is 0 Å². The summed E-state index contributed by atoms with van der Waals surface area (Å²) < 4.78 is 19.4. The molecule has 2 unspecified atom stereocenters. The van der Waals surface area contributed by atoms with Crippen LogP contribution in [0.1, 0.15) is 20.3 Å². The smallest absolute Gasteiger partial charge is 0.234 e. The molecule has 4 nitrogen and oxygen atoms in total. The second kappa shape index (κ2) is 3.12. The van der Waals surface area contributed by atoms with Gasteiger partial charge in [-0.3, -0.25) is 9.00 Å². The number of hydrogen-bond acceptors (Lipinski definition) is 3. The first kappa shape index (κ1) is 9.58. The Morgan fingerprint density at radius 1 is 1.80 bits per heavy atom. The van der Waals surface area contributed by atoms with E-state index in [1.54, 1.807) is 6.92 Å². The summed E-state index contributed by atoms with van der Waals surface area (Å²) in [6.07, 6.45) is 0.207. The maximum Gasteiger partial charge on any atom is 0.234 e. The van der Waals surface area contributed by atoms with Gasteiger partial charge in [-0.1, -0.05) is 6.92 Å². The molecule has 0 saturated carbocycles. The number of rotatable bonds is 3. The fraction of sp³-hybridized carbons (Fsp3) is 0.800. The molecule has 0 spiro atoms. The summed E-state index contributed by atoms with van der Waals surface area (Å²) in [5, 5.41) is 0. The maximum atomic E-state index is 10.5. The first-order valence-corrected chi connectivity index (χ1v) is 3.92. The normalized spacial score (nSPS) is 19.5. The van der Waals surface area contributed by atoms with Gasteiger partial charge in [0, 0.05) is 0 Å². The predicted octanol–water partition coefficient (Wildman–Crippen LogP) is -0.480. The summed E-state index contributed by atoms with van der Waals surface area (Å²) in [6.45, 7) is 2.90. The van der Waals surface area contributed by atoms with Gasteiger partial charge in [0.15, 0.2) is 0 Å². The predicted molar refractivity (Wildman–Crippen MR) is 36.8 cm³/mol. The van der Waals surface area contributed by atoms with Gasteiger partial charge in [-0.05, 0) is 24.4 Å². The van der Waals surface area contributed by atoms with Crippen LogP contribution in [0.3, 0.4) is 0 Å². The molecule has 0 saturated heterocycles. The summed E-state index contributed by atoms with van der Waals surface area (Å²) in [5.74, 6) is -0.802. The Labute approximate surface area is 62.1 Å². The summed E-state index contributed by atoms with van der Waals surface area (Å²) in [7, 11) is 0. The highest BCUT2D eigenvalue weighted by molar-refractivity contribution is 7.81. The van der Waals surface area contributed by atoms with Crippen LogP contribution in [0.15, 0.2) is 0 Å². The molecule has 0 aromatic rings. The Morgan fingerprint density at radius 3 is 2.20 bits per heavy atom. The van der Waals surface area contributed by atoms with Crippen LogP contribution >= 0.6 is 0 Å². The van der Waals surface area contributed by atoms with Crippen LogP contribution in [0.4, 0.5) is 0 Å². The molecule has 2 atom stereocenters. The van der Waals surface area contributed by atoms with Crippen LogP contribution < -0.4 is 5.73 Å². The van der Waals surface area contributed by atoms with E-state index in [9.17, 15) is 13.6 Å². The van der Waals surface area contributed by atoms with E-state index in [1.165, 1.54) is 6.92 Å². The third-order valence-corrected chi connectivity index (χ3v) is 2.79. The first-order chi connectivity index (χ1) is 4.45. The zero-order valence-corrected chi connectivity index (χ0v) is 6.73. The highest BCUT2D eigenvalue weighted by atomic mass is 32.2. The van der Waals surface area contributed by atoms with Crippen LogP contribution in [-0.4, -0.2) is 19.4 Å². The molecule has 1 amide bonds. The maximum absolute atomic E-state index is 10.5.